The van der Waals surface area contributed by atoms with Gasteiger partial charge in [0.15, 0.2) is 0 Å². The number of hydrogen-bond donors (Lipinski definition) is 4. The van der Waals surface area contributed by atoms with Crippen LogP contribution in [0.3, 0.4) is 0 Å². The smallest absolute Gasteiger partial charge is 0.407 e. The molecule has 0 heterocycles. The Bertz CT molecular complexity index is 430. The van der Waals surface area contributed by atoms with Crippen molar-refractivity contribution in [2.45, 2.75) is 18.8 Å². The average molecular weight is 304 g/mol. The third-order valence-electron chi connectivity index (χ3n) is 2.39. The number of benzene rings is 1. The number of ether oxygens (including phenoxy) is 1. The fraction of sp³-hybridized carbons (Fsp3) is 0.333. The van der Waals surface area contributed by atoms with Gasteiger partial charge < -0.3 is 26.6 Å². The summed E-state index contributed by atoms with van der Waals surface area (Å²) in [6.45, 7) is 0.0119. The van der Waals surface area contributed by atoms with Crippen molar-refractivity contribution in [2.75, 3.05) is 6.54 Å². The van der Waals surface area contributed by atoms with Gasteiger partial charge in [0.05, 0.1) is 6.04 Å². The lowest BCUT2D eigenvalue weighted by atomic mass is 10.1. The number of halogens is 1. The molecule has 7 nitrogen and oxygen atoms in total. The second-order valence-electron chi connectivity index (χ2n) is 3.95. The van der Waals surface area contributed by atoms with Crippen molar-refractivity contribution in [3.8, 4) is 0 Å². The Morgan fingerprint density at radius 1 is 1.30 bits per heavy atom. The number of amides is 2. The number of nitrogens with one attached hydrogen (secondary N) is 1. The van der Waals surface area contributed by atoms with Crippen LogP contribution in [0.5, 0.6) is 0 Å². The van der Waals surface area contributed by atoms with Crippen molar-refractivity contribution in [2.24, 2.45) is 11.5 Å². The van der Waals surface area contributed by atoms with Gasteiger partial charge >= 0.3 is 6.09 Å². The van der Waals surface area contributed by atoms with E-state index in [1.165, 1.54) is 0 Å². The molecule has 0 aliphatic carbocycles. The molecule has 0 fully saturated rings. The van der Waals surface area contributed by atoms with E-state index in [0.29, 0.717) is 0 Å². The van der Waals surface area contributed by atoms with E-state index in [1.807, 2.05) is 30.3 Å². The lowest BCUT2D eigenvalue weighted by Crippen LogP contribution is -2.50. The predicted molar refractivity (Wildman–Crippen MR) is 75.1 cm³/mol. The normalized spacial score (nSPS) is 12.7. The number of hydrogen-bond acceptors (Lipinski definition) is 5. The van der Waals surface area contributed by atoms with Gasteiger partial charge in [-0.2, -0.15) is 0 Å². The zero-order chi connectivity index (χ0) is 14.3. The number of aliphatic hydroxyl groups excluding tert-OH is 1. The zero-order valence-electron chi connectivity index (χ0n) is 10.7. The standard InChI is InChI=1S/C12H17N3O4.ClH/c13-9(10(16)11(14)17)6-15-12(18)19-7-8-4-2-1-3-5-8;/h1-5,9-10,16H,6-7,13H2,(H2,14,17)(H,15,18);1H. The molecule has 0 saturated carbocycles. The highest BCUT2D eigenvalue weighted by molar-refractivity contribution is 5.85. The number of nitrogens with two attached hydrogens (primary N) is 2. The maximum absolute atomic E-state index is 11.3. The Hall–Kier alpha value is -1.83. The van der Waals surface area contributed by atoms with E-state index in [9.17, 15) is 14.7 Å². The molecule has 0 spiro atoms. The molecular formula is C12H18ClN3O4. The number of carbonyl (C=O) groups is 2. The van der Waals surface area contributed by atoms with Gasteiger partial charge in [0, 0.05) is 6.54 Å². The third kappa shape index (κ3) is 6.37. The summed E-state index contributed by atoms with van der Waals surface area (Å²) in [4.78, 5) is 22.0. The quantitative estimate of drug-likeness (QED) is 0.564. The SMILES string of the molecule is Cl.NC(=O)C(O)C(N)CNC(=O)OCc1ccccc1. The molecule has 0 aliphatic rings. The summed E-state index contributed by atoms with van der Waals surface area (Å²) in [6.07, 6.45) is -2.19. The second-order valence-corrected chi connectivity index (χ2v) is 3.95. The van der Waals surface area contributed by atoms with Crippen LogP contribution in [0.2, 0.25) is 0 Å². The van der Waals surface area contributed by atoms with Gasteiger partial charge in [0.1, 0.15) is 12.7 Å². The van der Waals surface area contributed by atoms with Gasteiger partial charge in [0.25, 0.3) is 0 Å². The molecule has 112 valence electrons. The highest BCUT2D eigenvalue weighted by Crippen LogP contribution is 2.00. The number of primary amides is 1. The van der Waals surface area contributed by atoms with E-state index >= 15 is 0 Å². The molecular weight excluding hydrogens is 286 g/mol. The van der Waals surface area contributed by atoms with E-state index in [0.717, 1.165) is 5.56 Å². The van der Waals surface area contributed by atoms with Crippen LogP contribution in [0.1, 0.15) is 5.56 Å². The molecule has 0 radical (unpaired) electrons. The van der Waals surface area contributed by atoms with Crippen molar-refractivity contribution in [1.82, 2.24) is 5.32 Å². The van der Waals surface area contributed by atoms with Gasteiger partial charge in [-0.1, -0.05) is 30.3 Å². The first-order chi connectivity index (χ1) is 9.00. The topological polar surface area (TPSA) is 128 Å². The Morgan fingerprint density at radius 3 is 2.45 bits per heavy atom. The molecule has 0 aromatic heterocycles. The van der Waals surface area contributed by atoms with Gasteiger partial charge in [-0.05, 0) is 5.56 Å². The minimum absolute atomic E-state index is 0. The lowest BCUT2D eigenvalue weighted by molar-refractivity contribution is -0.126. The molecule has 1 rings (SSSR count). The molecule has 0 bridgehead atoms. The van der Waals surface area contributed by atoms with Crippen LogP contribution in [0.25, 0.3) is 0 Å². The van der Waals surface area contributed by atoms with E-state index in [4.69, 9.17) is 16.2 Å². The maximum atomic E-state index is 11.3. The zero-order valence-corrected chi connectivity index (χ0v) is 11.5. The molecule has 2 unspecified atom stereocenters. The molecule has 8 heteroatoms. The van der Waals surface area contributed by atoms with Gasteiger partial charge in [-0.3, -0.25) is 4.79 Å². The molecule has 0 saturated heterocycles. The van der Waals surface area contributed by atoms with Gasteiger partial charge in [-0.15, -0.1) is 12.4 Å². The Balaban J connectivity index is 0.00000361. The van der Waals surface area contributed by atoms with Crippen LogP contribution >= 0.6 is 12.4 Å². The number of rotatable bonds is 6. The molecule has 2 atom stereocenters. The van der Waals surface area contributed by atoms with Crippen LogP contribution in [-0.4, -0.2) is 35.8 Å². The highest BCUT2D eigenvalue weighted by Gasteiger charge is 2.20. The first-order valence-corrected chi connectivity index (χ1v) is 5.68. The summed E-state index contributed by atoms with van der Waals surface area (Å²) in [5, 5.41) is 11.6. The van der Waals surface area contributed by atoms with Crippen LogP contribution in [0.15, 0.2) is 30.3 Å². The lowest BCUT2D eigenvalue weighted by Gasteiger charge is -2.16. The van der Waals surface area contributed by atoms with Crippen molar-refractivity contribution in [3.05, 3.63) is 35.9 Å². The monoisotopic (exact) mass is 303 g/mol. The molecule has 20 heavy (non-hydrogen) atoms. The van der Waals surface area contributed by atoms with Crippen molar-refractivity contribution in [1.29, 1.82) is 0 Å². The number of aliphatic hydroxyl groups is 1. The van der Waals surface area contributed by atoms with Gasteiger partial charge in [-0.25, -0.2) is 4.79 Å². The number of alkyl carbamates (subject to hydrolysis) is 1. The molecule has 2 amide bonds. The Morgan fingerprint density at radius 2 is 1.90 bits per heavy atom. The second kappa shape index (κ2) is 9.13. The first-order valence-electron chi connectivity index (χ1n) is 5.68. The molecule has 1 aromatic rings. The largest absolute Gasteiger partial charge is 0.445 e. The fourth-order valence-electron chi connectivity index (χ4n) is 1.30. The average Bonchev–Trinajstić information content (AvgIpc) is 2.42. The van der Waals surface area contributed by atoms with Gasteiger partial charge in [0.2, 0.25) is 5.91 Å². The Kier molecular flexibility index (Phi) is 8.30. The summed E-state index contributed by atoms with van der Waals surface area (Å²) in [5.74, 6) is -0.938. The number of carbonyl (C=O) groups excluding carboxylic acids is 2. The molecule has 6 N–H and O–H groups in total. The molecule has 1 aromatic carbocycles. The first kappa shape index (κ1) is 18.2. The highest BCUT2D eigenvalue weighted by atomic mass is 35.5. The van der Waals surface area contributed by atoms with Crippen molar-refractivity contribution < 1.29 is 19.4 Å². The summed E-state index contributed by atoms with van der Waals surface area (Å²) in [7, 11) is 0. The fourth-order valence-corrected chi connectivity index (χ4v) is 1.30. The van der Waals surface area contributed by atoms with Crippen molar-refractivity contribution >= 4 is 24.4 Å². The predicted octanol–water partition coefficient (Wildman–Crippen LogP) is -0.492. The third-order valence-corrected chi connectivity index (χ3v) is 2.39. The Labute approximate surface area is 122 Å². The molecule has 0 aliphatic heterocycles. The van der Waals surface area contributed by atoms with E-state index in [1.54, 1.807) is 0 Å². The minimum atomic E-state index is -1.51. The summed E-state index contributed by atoms with van der Waals surface area (Å²) in [5.41, 5.74) is 11.2. The van der Waals surface area contributed by atoms with Crippen LogP contribution < -0.4 is 16.8 Å². The van der Waals surface area contributed by atoms with Crippen LogP contribution in [0.4, 0.5) is 4.79 Å². The summed E-state index contributed by atoms with van der Waals surface area (Å²) in [6, 6.07) is 8.17. The van der Waals surface area contributed by atoms with E-state index in [-0.39, 0.29) is 25.6 Å². The van der Waals surface area contributed by atoms with Crippen molar-refractivity contribution in [3.63, 3.8) is 0 Å². The van der Waals surface area contributed by atoms with E-state index in [2.05, 4.69) is 5.32 Å². The minimum Gasteiger partial charge on any atom is -0.445 e. The summed E-state index contributed by atoms with van der Waals surface area (Å²) >= 11 is 0. The maximum Gasteiger partial charge on any atom is 0.407 e. The van der Waals surface area contributed by atoms with Crippen LogP contribution in [-0.2, 0) is 16.1 Å². The summed E-state index contributed by atoms with van der Waals surface area (Å²) < 4.78 is 4.92. The van der Waals surface area contributed by atoms with Crippen LogP contribution in [0, 0.1) is 0 Å². The van der Waals surface area contributed by atoms with E-state index < -0.39 is 24.1 Å².